The highest BCUT2D eigenvalue weighted by Gasteiger charge is 2.28. The van der Waals surface area contributed by atoms with E-state index in [4.69, 9.17) is 0 Å². The number of hydrogen-bond acceptors (Lipinski definition) is 1. The van der Waals surface area contributed by atoms with E-state index < -0.39 is 0 Å². The number of nitrogens with one attached hydrogen (secondary N) is 1. The van der Waals surface area contributed by atoms with Gasteiger partial charge in [0.15, 0.2) is 0 Å². The molecular weight excluding hydrogens is 230 g/mol. The molecule has 1 aromatic carbocycles. The van der Waals surface area contributed by atoms with Gasteiger partial charge in [0.1, 0.15) is 0 Å². The third kappa shape index (κ3) is 4.07. The molecule has 0 aromatic heterocycles. The maximum Gasteiger partial charge on any atom is 0.0348 e. The second kappa shape index (κ2) is 7.69. The highest BCUT2D eigenvalue weighted by atomic mass is 14.9. The van der Waals surface area contributed by atoms with Crippen LogP contribution in [0.3, 0.4) is 0 Å². The molecular formula is C18H29N. The lowest BCUT2D eigenvalue weighted by Crippen LogP contribution is -2.32. The van der Waals surface area contributed by atoms with Crippen molar-refractivity contribution in [3.8, 4) is 0 Å². The monoisotopic (exact) mass is 259 g/mol. The summed E-state index contributed by atoms with van der Waals surface area (Å²) < 4.78 is 0. The lowest BCUT2D eigenvalue weighted by molar-refractivity contribution is 0.209. The molecule has 0 spiro atoms. The van der Waals surface area contributed by atoms with Crippen molar-refractivity contribution in [2.45, 2.75) is 58.4 Å². The third-order valence-electron chi connectivity index (χ3n) is 4.65. The fraction of sp³-hybridized carbons (Fsp3) is 0.667. The second-order valence-corrected chi connectivity index (χ2v) is 6.04. The van der Waals surface area contributed by atoms with E-state index in [-0.39, 0.29) is 0 Å². The fourth-order valence-corrected chi connectivity index (χ4v) is 3.52. The zero-order valence-corrected chi connectivity index (χ0v) is 12.6. The van der Waals surface area contributed by atoms with Crippen LogP contribution in [0.2, 0.25) is 0 Å². The van der Waals surface area contributed by atoms with E-state index in [2.05, 4.69) is 49.5 Å². The van der Waals surface area contributed by atoms with E-state index in [1.54, 1.807) is 0 Å². The Hall–Kier alpha value is -0.820. The summed E-state index contributed by atoms with van der Waals surface area (Å²) in [5.74, 6) is 1.78. The van der Waals surface area contributed by atoms with E-state index in [0.717, 1.165) is 18.4 Å². The molecule has 1 aromatic rings. The average molecular weight is 259 g/mol. The van der Waals surface area contributed by atoms with E-state index in [0.29, 0.717) is 6.04 Å². The minimum Gasteiger partial charge on any atom is -0.310 e. The molecule has 1 aliphatic carbocycles. The molecule has 1 nitrogen and oxygen atoms in total. The summed E-state index contributed by atoms with van der Waals surface area (Å²) in [5, 5.41) is 3.80. The zero-order chi connectivity index (χ0) is 13.5. The normalized spacial score (nSPS) is 25.2. The molecule has 0 radical (unpaired) electrons. The Morgan fingerprint density at radius 2 is 1.95 bits per heavy atom. The SMILES string of the molecule is CCCNC(c1ccccc1)C1CCCC(CC)C1. The van der Waals surface area contributed by atoms with E-state index >= 15 is 0 Å². The molecule has 1 aliphatic rings. The first-order valence-electron chi connectivity index (χ1n) is 8.13. The van der Waals surface area contributed by atoms with Gasteiger partial charge in [-0.2, -0.15) is 0 Å². The fourth-order valence-electron chi connectivity index (χ4n) is 3.52. The van der Waals surface area contributed by atoms with Crippen LogP contribution in [0.25, 0.3) is 0 Å². The first-order chi connectivity index (χ1) is 9.35. The van der Waals surface area contributed by atoms with Crippen molar-refractivity contribution < 1.29 is 0 Å². The van der Waals surface area contributed by atoms with Gasteiger partial charge in [-0.05, 0) is 43.2 Å². The maximum absolute atomic E-state index is 3.80. The molecule has 0 saturated heterocycles. The largest absolute Gasteiger partial charge is 0.310 e. The van der Waals surface area contributed by atoms with Crippen LogP contribution in [0.1, 0.15) is 64.0 Å². The van der Waals surface area contributed by atoms with Crippen molar-refractivity contribution in [1.29, 1.82) is 0 Å². The molecule has 1 N–H and O–H groups in total. The molecule has 3 unspecified atom stereocenters. The number of benzene rings is 1. The van der Waals surface area contributed by atoms with E-state index in [1.165, 1.54) is 44.1 Å². The summed E-state index contributed by atoms with van der Waals surface area (Å²) in [4.78, 5) is 0. The Morgan fingerprint density at radius 1 is 1.16 bits per heavy atom. The molecule has 1 heteroatoms. The molecule has 1 fully saturated rings. The van der Waals surface area contributed by atoms with Crippen LogP contribution in [0.4, 0.5) is 0 Å². The van der Waals surface area contributed by atoms with Crippen molar-refractivity contribution in [3.63, 3.8) is 0 Å². The second-order valence-electron chi connectivity index (χ2n) is 6.04. The van der Waals surface area contributed by atoms with Crippen LogP contribution < -0.4 is 5.32 Å². The van der Waals surface area contributed by atoms with E-state index in [1.807, 2.05) is 0 Å². The zero-order valence-electron chi connectivity index (χ0n) is 12.6. The summed E-state index contributed by atoms with van der Waals surface area (Å²) >= 11 is 0. The van der Waals surface area contributed by atoms with Gasteiger partial charge >= 0.3 is 0 Å². The standard InChI is InChI=1S/C18H29N/c1-3-13-19-18(16-10-6-5-7-11-16)17-12-8-9-15(4-2)14-17/h5-7,10-11,15,17-19H,3-4,8-9,12-14H2,1-2H3. The van der Waals surface area contributed by atoms with Gasteiger partial charge in [0.25, 0.3) is 0 Å². The first kappa shape index (κ1) is 14.6. The topological polar surface area (TPSA) is 12.0 Å². The Balaban J connectivity index is 2.08. The summed E-state index contributed by atoms with van der Waals surface area (Å²) in [6, 6.07) is 11.6. The molecule has 3 atom stereocenters. The minimum absolute atomic E-state index is 0.565. The summed E-state index contributed by atoms with van der Waals surface area (Å²) in [5.41, 5.74) is 1.48. The quantitative estimate of drug-likeness (QED) is 0.762. The van der Waals surface area contributed by atoms with Gasteiger partial charge in [-0.3, -0.25) is 0 Å². The van der Waals surface area contributed by atoms with Crippen LogP contribution in [0.5, 0.6) is 0 Å². The Kier molecular flexibility index (Phi) is 5.91. The first-order valence-corrected chi connectivity index (χ1v) is 8.13. The predicted molar refractivity (Wildman–Crippen MR) is 83.2 cm³/mol. The van der Waals surface area contributed by atoms with Crippen LogP contribution in [-0.2, 0) is 0 Å². The van der Waals surface area contributed by atoms with Gasteiger partial charge in [-0.15, -0.1) is 0 Å². The van der Waals surface area contributed by atoms with Gasteiger partial charge in [0.05, 0.1) is 0 Å². The maximum atomic E-state index is 3.80. The molecule has 2 rings (SSSR count). The van der Waals surface area contributed by atoms with Crippen LogP contribution in [0, 0.1) is 11.8 Å². The third-order valence-corrected chi connectivity index (χ3v) is 4.65. The highest BCUT2D eigenvalue weighted by Crippen LogP contribution is 2.38. The summed E-state index contributed by atoms with van der Waals surface area (Å²) in [6.07, 6.45) is 8.24. The van der Waals surface area contributed by atoms with Crippen molar-refractivity contribution in [1.82, 2.24) is 5.32 Å². The molecule has 0 bridgehead atoms. The van der Waals surface area contributed by atoms with Gasteiger partial charge in [-0.25, -0.2) is 0 Å². The summed E-state index contributed by atoms with van der Waals surface area (Å²) in [6.45, 7) is 5.74. The molecule has 1 saturated carbocycles. The molecule has 106 valence electrons. The lowest BCUT2D eigenvalue weighted by atomic mass is 9.75. The van der Waals surface area contributed by atoms with Crippen molar-refractivity contribution in [3.05, 3.63) is 35.9 Å². The van der Waals surface area contributed by atoms with Gasteiger partial charge in [0.2, 0.25) is 0 Å². The van der Waals surface area contributed by atoms with Crippen molar-refractivity contribution in [2.24, 2.45) is 11.8 Å². The van der Waals surface area contributed by atoms with Crippen LogP contribution >= 0.6 is 0 Å². The predicted octanol–water partition coefficient (Wildman–Crippen LogP) is 4.94. The van der Waals surface area contributed by atoms with Gasteiger partial charge in [-0.1, -0.05) is 63.4 Å². The van der Waals surface area contributed by atoms with Gasteiger partial charge < -0.3 is 5.32 Å². The van der Waals surface area contributed by atoms with Crippen molar-refractivity contribution >= 4 is 0 Å². The number of hydrogen-bond donors (Lipinski definition) is 1. The number of rotatable bonds is 6. The Labute approximate surface area is 118 Å². The lowest BCUT2D eigenvalue weighted by Gasteiger charge is -2.35. The summed E-state index contributed by atoms with van der Waals surface area (Å²) in [7, 11) is 0. The van der Waals surface area contributed by atoms with Crippen molar-refractivity contribution in [2.75, 3.05) is 6.54 Å². The molecule has 19 heavy (non-hydrogen) atoms. The Morgan fingerprint density at radius 3 is 2.63 bits per heavy atom. The van der Waals surface area contributed by atoms with Gasteiger partial charge in [0, 0.05) is 6.04 Å². The average Bonchev–Trinajstić information content (AvgIpc) is 2.49. The van der Waals surface area contributed by atoms with Crippen LogP contribution in [-0.4, -0.2) is 6.54 Å². The smallest absolute Gasteiger partial charge is 0.0348 e. The molecule has 0 aliphatic heterocycles. The van der Waals surface area contributed by atoms with Crippen LogP contribution in [0.15, 0.2) is 30.3 Å². The highest BCUT2D eigenvalue weighted by molar-refractivity contribution is 5.20. The molecule has 0 amide bonds. The van der Waals surface area contributed by atoms with E-state index in [9.17, 15) is 0 Å². The molecule has 0 heterocycles. The Bertz CT molecular complexity index is 346. The minimum atomic E-state index is 0.565.